The molecule has 0 unspecified atom stereocenters. The van der Waals surface area contributed by atoms with Crippen molar-refractivity contribution in [3.63, 3.8) is 0 Å². The molecule has 6 nitrogen and oxygen atoms in total. The number of ether oxygens (including phenoxy) is 1. The molecule has 0 spiro atoms. The van der Waals surface area contributed by atoms with Crippen molar-refractivity contribution in [3.05, 3.63) is 47.7 Å². The van der Waals surface area contributed by atoms with Gasteiger partial charge in [0.2, 0.25) is 0 Å². The quantitative estimate of drug-likeness (QED) is 0.726. The number of hydrogen-bond acceptors (Lipinski definition) is 5. The van der Waals surface area contributed by atoms with Crippen molar-refractivity contribution >= 4 is 27.0 Å². The Balaban J connectivity index is 1.89. The molecule has 0 aliphatic carbocycles. The average Bonchev–Trinajstić information content (AvgIpc) is 3.16. The maximum atomic E-state index is 12.6. The topological polar surface area (TPSA) is 84.1 Å². The second-order valence-corrected chi connectivity index (χ2v) is 8.27. The molecule has 3 aromatic rings. The van der Waals surface area contributed by atoms with Gasteiger partial charge in [-0.1, -0.05) is 6.07 Å². The van der Waals surface area contributed by atoms with E-state index < -0.39 is 10.0 Å². The number of aromatic amines is 1. The molecular formula is C16H17N3O3S2. The van der Waals surface area contributed by atoms with E-state index in [0.717, 1.165) is 21.8 Å². The highest BCUT2D eigenvalue weighted by Crippen LogP contribution is 2.33. The Morgan fingerprint density at radius 1 is 1.21 bits per heavy atom. The third-order valence-electron chi connectivity index (χ3n) is 3.65. The van der Waals surface area contributed by atoms with Crippen LogP contribution in [0.2, 0.25) is 0 Å². The number of nitrogens with one attached hydrogen (secondary N) is 2. The Morgan fingerprint density at radius 3 is 2.67 bits per heavy atom. The Morgan fingerprint density at radius 2 is 2.00 bits per heavy atom. The summed E-state index contributed by atoms with van der Waals surface area (Å²) in [6.07, 6.45) is 0. The summed E-state index contributed by atoms with van der Waals surface area (Å²) in [5.74, 6) is 0.588. The first-order chi connectivity index (χ1) is 11.4. The van der Waals surface area contributed by atoms with Crippen LogP contribution < -0.4 is 9.46 Å². The van der Waals surface area contributed by atoms with Crippen molar-refractivity contribution in [2.45, 2.75) is 18.1 Å². The summed E-state index contributed by atoms with van der Waals surface area (Å²) in [7, 11) is -2.12. The molecule has 2 heterocycles. The molecule has 0 atom stereocenters. The van der Waals surface area contributed by atoms with E-state index in [9.17, 15) is 8.42 Å². The zero-order valence-electron chi connectivity index (χ0n) is 13.5. The van der Waals surface area contributed by atoms with Crippen LogP contribution in [0.15, 0.2) is 40.6 Å². The van der Waals surface area contributed by atoms with Gasteiger partial charge in [0.1, 0.15) is 15.7 Å². The number of thiophene rings is 1. The van der Waals surface area contributed by atoms with Crippen LogP contribution in [0.5, 0.6) is 5.75 Å². The number of sulfonamides is 1. The van der Waals surface area contributed by atoms with Crippen molar-refractivity contribution in [3.8, 4) is 16.3 Å². The van der Waals surface area contributed by atoms with Gasteiger partial charge in [-0.25, -0.2) is 8.42 Å². The smallest absolute Gasteiger partial charge is 0.271 e. The van der Waals surface area contributed by atoms with Crippen LogP contribution >= 0.6 is 11.3 Å². The summed E-state index contributed by atoms with van der Waals surface area (Å²) in [6.45, 7) is 3.89. The van der Waals surface area contributed by atoms with E-state index in [1.54, 1.807) is 36.4 Å². The lowest BCUT2D eigenvalue weighted by Gasteiger charge is -2.07. The molecule has 126 valence electrons. The number of benzene rings is 1. The van der Waals surface area contributed by atoms with Crippen molar-refractivity contribution in [2.75, 3.05) is 11.8 Å². The minimum Gasteiger partial charge on any atom is -0.497 e. The summed E-state index contributed by atoms with van der Waals surface area (Å²) >= 11 is 1.19. The number of anilines is 1. The lowest BCUT2D eigenvalue weighted by molar-refractivity contribution is 0.415. The number of methoxy groups -OCH3 is 1. The van der Waals surface area contributed by atoms with Gasteiger partial charge in [0.25, 0.3) is 10.0 Å². The van der Waals surface area contributed by atoms with Crippen molar-refractivity contribution < 1.29 is 13.2 Å². The highest BCUT2D eigenvalue weighted by molar-refractivity contribution is 7.94. The summed E-state index contributed by atoms with van der Waals surface area (Å²) in [6, 6.07) is 10.2. The molecule has 1 aromatic carbocycles. The SMILES string of the molecule is COc1cccc(NS(=O)(=O)c2ccc(-c3n[nH]c(C)c3C)s2)c1. The Labute approximate surface area is 144 Å². The van der Waals surface area contributed by atoms with Crippen molar-refractivity contribution in [1.82, 2.24) is 10.2 Å². The van der Waals surface area contributed by atoms with Gasteiger partial charge in [0.15, 0.2) is 0 Å². The molecule has 0 bridgehead atoms. The first kappa shape index (κ1) is 16.5. The predicted molar refractivity (Wildman–Crippen MR) is 95.2 cm³/mol. The van der Waals surface area contributed by atoms with Crippen molar-refractivity contribution in [2.24, 2.45) is 0 Å². The number of H-pyrrole nitrogens is 1. The maximum absolute atomic E-state index is 12.6. The van der Waals surface area contributed by atoms with E-state index in [1.165, 1.54) is 18.4 Å². The fourth-order valence-electron chi connectivity index (χ4n) is 2.21. The van der Waals surface area contributed by atoms with Crippen LogP contribution in [0.4, 0.5) is 5.69 Å². The van der Waals surface area contributed by atoms with Gasteiger partial charge in [-0.2, -0.15) is 5.10 Å². The Bertz CT molecular complexity index is 974. The minimum absolute atomic E-state index is 0.236. The molecule has 0 aliphatic heterocycles. The van der Waals surface area contributed by atoms with E-state index in [-0.39, 0.29) is 4.21 Å². The molecule has 2 N–H and O–H groups in total. The lowest BCUT2D eigenvalue weighted by Crippen LogP contribution is -2.11. The van der Waals surface area contributed by atoms with Crippen LogP contribution in [0.3, 0.4) is 0 Å². The zero-order valence-corrected chi connectivity index (χ0v) is 15.1. The fraction of sp³-hybridized carbons (Fsp3) is 0.188. The summed E-state index contributed by atoms with van der Waals surface area (Å²) in [4.78, 5) is 0.808. The number of aryl methyl sites for hydroxylation is 1. The second-order valence-electron chi connectivity index (χ2n) is 5.28. The van der Waals surface area contributed by atoms with E-state index in [0.29, 0.717) is 11.4 Å². The van der Waals surface area contributed by atoms with Crippen LogP contribution in [0.1, 0.15) is 11.3 Å². The van der Waals surface area contributed by atoms with Crippen LogP contribution in [0.25, 0.3) is 10.6 Å². The highest BCUT2D eigenvalue weighted by atomic mass is 32.2. The molecule has 0 saturated heterocycles. The summed E-state index contributed by atoms with van der Waals surface area (Å²) < 4.78 is 33.0. The Hall–Kier alpha value is -2.32. The number of aromatic nitrogens is 2. The normalized spacial score (nSPS) is 11.5. The molecule has 0 fully saturated rings. The molecule has 0 saturated carbocycles. The molecule has 0 aliphatic rings. The first-order valence-corrected chi connectivity index (χ1v) is 9.49. The van der Waals surface area contributed by atoms with Gasteiger partial charge in [0, 0.05) is 11.8 Å². The second kappa shape index (κ2) is 6.29. The first-order valence-electron chi connectivity index (χ1n) is 7.19. The number of nitrogens with zero attached hydrogens (tertiary/aromatic N) is 1. The van der Waals surface area contributed by atoms with E-state index in [2.05, 4.69) is 14.9 Å². The monoisotopic (exact) mass is 363 g/mol. The van der Waals surface area contributed by atoms with Crippen LogP contribution in [-0.4, -0.2) is 25.7 Å². The number of hydrogen-bond donors (Lipinski definition) is 2. The molecule has 3 rings (SSSR count). The largest absolute Gasteiger partial charge is 0.497 e. The van der Waals surface area contributed by atoms with Gasteiger partial charge < -0.3 is 4.74 Å². The molecule has 0 amide bonds. The van der Waals surface area contributed by atoms with E-state index in [1.807, 2.05) is 13.8 Å². The summed E-state index contributed by atoms with van der Waals surface area (Å²) in [5, 5.41) is 7.15. The standard InChI is InChI=1S/C16H17N3O3S2/c1-10-11(2)17-18-16(10)14-7-8-15(23-14)24(20,21)19-12-5-4-6-13(9-12)22-3/h4-9,19H,1-3H3,(H,17,18). The van der Waals surface area contributed by atoms with E-state index >= 15 is 0 Å². The van der Waals surface area contributed by atoms with Crippen molar-refractivity contribution in [1.29, 1.82) is 0 Å². The predicted octanol–water partition coefficient (Wildman–Crippen LogP) is 3.56. The third kappa shape index (κ3) is 3.15. The fourth-order valence-corrected chi connectivity index (χ4v) is 4.61. The highest BCUT2D eigenvalue weighted by Gasteiger charge is 2.19. The molecular weight excluding hydrogens is 346 g/mol. The number of rotatable bonds is 5. The van der Waals surface area contributed by atoms with Crippen LogP contribution in [-0.2, 0) is 10.0 Å². The molecule has 0 radical (unpaired) electrons. The average molecular weight is 363 g/mol. The van der Waals surface area contributed by atoms with Gasteiger partial charge in [-0.3, -0.25) is 9.82 Å². The van der Waals surface area contributed by atoms with Gasteiger partial charge in [0.05, 0.1) is 17.7 Å². The summed E-state index contributed by atoms with van der Waals surface area (Å²) in [5.41, 5.74) is 3.22. The maximum Gasteiger partial charge on any atom is 0.271 e. The third-order valence-corrected chi connectivity index (χ3v) is 6.62. The zero-order chi connectivity index (χ0) is 17.3. The minimum atomic E-state index is -3.66. The molecule has 2 aromatic heterocycles. The van der Waals surface area contributed by atoms with Crippen LogP contribution in [0, 0.1) is 13.8 Å². The van der Waals surface area contributed by atoms with E-state index in [4.69, 9.17) is 4.74 Å². The Kier molecular flexibility index (Phi) is 4.33. The van der Waals surface area contributed by atoms with Gasteiger partial charge in [-0.05, 0) is 43.7 Å². The lowest BCUT2D eigenvalue weighted by atomic mass is 10.2. The molecule has 8 heteroatoms. The molecule has 24 heavy (non-hydrogen) atoms. The van der Waals surface area contributed by atoms with Gasteiger partial charge >= 0.3 is 0 Å². The van der Waals surface area contributed by atoms with Gasteiger partial charge in [-0.15, -0.1) is 11.3 Å².